The number of aromatic amines is 1. The van der Waals surface area contributed by atoms with Crippen molar-refractivity contribution in [3.8, 4) is 0 Å². The summed E-state index contributed by atoms with van der Waals surface area (Å²) in [4.78, 5) is 19.2. The molecule has 2 heterocycles. The third-order valence-electron chi connectivity index (χ3n) is 2.65. The number of rotatable bonds is 1. The van der Waals surface area contributed by atoms with Crippen molar-refractivity contribution in [1.82, 2.24) is 14.9 Å². The number of imidazole rings is 1. The van der Waals surface area contributed by atoms with E-state index >= 15 is 0 Å². The van der Waals surface area contributed by atoms with Gasteiger partial charge in [0.15, 0.2) is 0 Å². The highest BCUT2D eigenvalue weighted by Gasteiger charge is 2.24. The summed E-state index contributed by atoms with van der Waals surface area (Å²) in [6.45, 7) is 1.23. The van der Waals surface area contributed by atoms with Crippen LogP contribution in [0.5, 0.6) is 0 Å². The largest absolute Gasteiger partial charge is 0.465 e. The van der Waals surface area contributed by atoms with Crippen LogP contribution in [0.1, 0.15) is 24.5 Å². The van der Waals surface area contributed by atoms with Crippen molar-refractivity contribution < 1.29 is 9.90 Å². The molecule has 14 heavy (non-hydrogen) atoms. The fourth-order valence-electron chi connectivity index (χ4n) is 1.89. The number of amides is 1. The van der Waals surface area contributed by atoms with E-state index in [1.54, 1.807) is 12.5 Å². The van der Waals surface area contributed by atoms with Crippen LogP contribution in [0.2, 0.25) is 0 Å². The van der Waals surface area contributed by atoms with Gasteiger partial charge in [-0.3, -0.25) is 0 Å². The van der Waals surface area contributed by atoms with Crippen molar-refractivity contribution >= 4 is 6.09 Å². The van der Waals surface area contributed by atoms with E-state index < -0.39 is 6.09 Å². The SMILES string of the molecule is O=C(O)N1CCCC(c2cnc[nH]2)C1. The molecular formula is C9H13N3O2. The van der Waals surface area contributed by atoms with Crippen LogP contribution < -0.4 is 0 Å². The average Bonchev–Trinajstić information content (AvgIpc) is 2.71. The molecule has 1 aromatic heterocycles. The Kier molecular flexibility index (Phi) is 2.39. The second-order valence-electron chi connectivity index (χ2n) is 3.57. The van der Waals surface area contributed by atoms with Crippen LogP contribution in [0.25, 0.3) is 0 Å². The van der Waals surface area contributed by atoms with Gasteiger partial charge in [0.2, 0.25) is 0 Å². The summed E-state index contributed by atoms with van der Waals surface area (Å²) in [6, 6.07) is 0. The second kappa shape index (κ2) is 3.69. The predicted molar refractivity (Wildman–Crippen MR) is 50.2 cm³/mol. The van der Waals surface area contributed by atoms with Gasteiger partial charge in [0.1, 0.15) is 0 Å². The summed E-state index contributed by atoms with van der Waals surface area (Å²) in [6.07, 6.45) is 4.54. The summed E-state index contributed by atoms with van der Waals surface area (Å²) in [5.74, 6) is 0.280. The maximum absolute atomic E-state index is 10.8. The molecule has 0 bridgehead atoms. The number of H-pyrrole nitrogens is 1. The lowest BCUT2D eigenvalue weighted by Crippen LogP contribution is -2.38. The van der Waals surface area contributed by atoms with Gasteiger partial charge >= 0.3 is 6.09 Å². The molecule has 1 amide bonds. The van der Waals surface area contributed by atoms with Gasteiger partial charge < -0.3 is 15.0 Å². The number of piperidine rings is 1. The molecule has 5 nitrogen and oxygen atoms in total. The van der Waals surface area contributed by atoms with Crippen molar-refractivity contribution in [2.45, 2.75) is 18.8 Å². The molecule has 1 saturated heterocycles. The zero-order valence-electron chi connectivity index (χ0n) is 7.81. The Morgan fingerprint density at radius 2 is 2.57 bits per heavy atom. The van der Waals surface area contributed by atoms with Crippen LogP contribution in [-0.2, 0) is 0 Å². The first-order valence-electron chi connectivity index (χ1n) is 4.73. The minimum Gasteiger partial charge on any atom is -0.465 e. The molecule has 1 unspecified atom stereocenters. The average molecular weight is 195 g/mol. The second-order valence-corrected chi connectivity index (χ2v) is 3.57. The molecule has 1 aliphatic heterocycles. The third kappa shape index (κ3) is 1.71. The molecule has 76 valence electrons. The Morgan fingerprint density at radius 3 is 3.21 bits per heavy atom. The third-order valence-corrected chi connectivity index (χ3v) is 2.65. The van der Waals surface area contributed by atoms with Gasteiger partial charge in [0.05, 0.1) is 6.33 Å². The zero-order chi connectivity index (χ0) is 9.97. The van der Waals surface area contributed by atoms with Crippen molar-refractivity contribution in [3.05, 3.63) is 18.2 Å². The van der Waals surface area contributed by atoms with Gasteiger partial charge in [0, 0.05) is 30.9 Å². The standard InChI is InChI=1S/C9H13N3O2/c13-9(14)12-3-1-2-7(5-12)8-4-10-6-11-8/h4,6-7H,1-3,5H2,(H,10,11)(H,13,14). The molecule has 0 aliphatic carbocycles. The van der Waals surface area contributed by atoms with Crippen LogP contribution in [-0.4, -0.2) is 39.2 Å². The van der Waals surface area contributed by atoms with E-state index in [1.165, 1.54) is 4.90 Å². The number of aromatic nitrogens is 2. The lowest BCUT2D eigenvalue weighted by Gasteiger charge is -2.29. The van der Waals surface area contributed by atoms with E-state index in [1.807, 2.05) is 0 Å². The zero-order valence-corrected chi connectivity index (χ0v) is 7.81. The number of carboxylic acid groups (broad SMARTS) is 1. The Morgan fingerprint density at radius 1 is 1.71 bits per heavy atom. The number of likely N-dealkylation sites (tertiary alicyclic amines) is 1. The molecule has 1 aliphatic rings. The lowest BCUT2D eigenvalue weighted by molar-refractivity contribution is 0.130. The first-order chi connectivity index (χ1) is 6.77. The fraction of sp³-hybridized carbons (Fsp3) is 0.556. The van der Waals surface area contributed by atoms with Gasteiger partial charge in [-0.25, -0.2) is 9.78 Å². The van der Waals surface area contributed by atoms with Crippen molar-refractivity contribution in [3.63, 3.8) is 0 Å². The topological polar surface area (TPSA) is 69.2 Å². The van der Waals surface area contributed by atoms with E-state index in [0.717, 1.165) is 18.5 Å². The first kappa shape index (κ1) is 9.05. The summed E-state index contributed by atoms with van der Waals surface area (Å²) >= 11 is 0. The number of carbonyl (C=O) groups is 1. The van der Waals surface area contributed by atoms with Crippen molar-refractivity contribution in [1.29, 1.82) is 0 Å². The minimum atomic E-state index is -0.825. The van der Waals surface area contributed by atoms with Gasteiger partial charge in [-0.2, -0.15) is 0 Å². The van der Waals surface area contributed by atoms with Crippen molar-refractivity contribution in [2.24, 2.45) is 0 Å². The maximum Gasteiger partial charge on any atom is 0.407 e. The molecule has 0 spiro atoms. The van der Waals surface area contributed by atoms with Crippen LogP contribution in [0.3, 0.4) is 0 Å². The lowest BCUT2D eigenvalue weighted by atomic mass is 9.96. The fourth-order valence-corrected chi connectivity index (χ4v) is 1.89. The number of nitrogens with one attached hydrogen (secondary N) is 1. The Hall–Kier alpha value is -1.52. The van der Waals surface area contributed by atoms with E-state index in [-0.39, 0.29) is 5.92 Å². The molecule has 0 saturated carbocycles. The highest BCUT2D eigenvalue weighted by Crippen LogP contribution is 2.24. The highest BCUT2D eigenvalue weighted by atomic mass is 16.4. The number of hydrogen-bond acceptors (Lipinski definition) is 2. The monoisotopic (exact) mass is 195 g/mol. The Bertz CT molecular complexity index is 310. The molecule has 0 aromatic carbocycles. The predicted octanol–water partition coefficient (Wildman–Crippen LogP) is 1.27. The summed E-state index contributed by atoms with van der Waals surface area (Å²) < 4.78 is 0. The van der Waals surface area contributed by atoms with Crippen LogP contribution in [0, 0.1) is 0 Å². The van der Waals surface area contributed by atoms with E-state index in [4.69, 9.17) is 5.11 Å². The molecule has 1 fully saturated rings. The van der Waals surface area contributed by atoms with Crippen LogP contribution in [0.15, 0.2) is 12.5 Å². The highest BCUT2D eigenvalue weighted by molar-refractivity contribution is 5.65. The Balaban J connectivity index is 2.04. The van der Waals surface area contributed by atoms with Gasteiger partial charge in [-0.1, -0.05) is 0 Å². The molecule has 1 aromatic rings. The quantitative estimate of drug-likeness (QED) is 0.708. The van der Waals surface area contributed by atoms with E-state index in [9.17, 15) is 4.79 Å². The van der Waals surface area contributed by atoms with Gasteiger partial charge in [-0.15, -0.1) is 0 Å². The molecule has 0 radical (unpaired) electrons. The van der Waals surface area contributed by atoms with Gasteiger partial charge in [-0.05, 0) is 12.8 Å². The molecule has 2 N–H and O–H groups in total. The minimum absolute atomic E-state index is 0.280. The Labute approximate surface area is 81.8 Å². The maximum atomic E-state index is 10.8. The number of nitrogens with zero attached hydrogens (tertiary/aromatic N) is 2. The molecule has 2 rings (SSSR count). The van der Waals surface area contributed by atoms with E-state index in [0.29, 0.717) is 13.1 Å². The number of hydrogen-bond donors (Lipinski definition) is 2. The smallest absolute Gasteiger partial charge is 0.407 e. The first-order valence-corrected chi connectivity index (χ1v) is 4.73. The molecular weight excluding hydrogens is 182 g/mol. The van der Waals surface area contributed by atoms with Crippen LogP contribution in [0.4, 0.5) is 4.79 Å². The van der Waals surface area contributed by atoms with Crippen molar-refractivity contribution in [2.75, 3.05) is 13.1 Å². The van der Waals surface area contributed by atoms with Gasteiger partial charge in [0.25, 0.3) is 0 Å². The van der Waals surface area contributed by atoms with E-state index in [2.05, 4.69) is 9.97 Å². The molecule has 5 heteroatoms. The summed E-state index contributed by atoms with van der Waals surface area (Å²) in [7, 11) is 0. The summed E-state index contributed by atoms with van der Waals surface area (Å²) in [5, 5.41) is 8.85. The summed E-state index contributed by atoms with van der Waals surface area (Å²) in [5.41, 5.74) is 1.04. The molecule has 1 atom stereocenters. The van der Waals surface area contributed by atoms with Crippen LogP contribution >= 0.6 is 0 Å². The normalized spacial score (nSPS) is 22.3.